The first kappa shape index (κ1) is 17.6. The fraction of sp³-hybridized carbons (Fsp3) is 0.562. The van der Waals surface area contributed by atoms with E-state index in [1.165, 1.54) is 0 Å². The van der Waals surface area contributed by atoms with Crippen LogP contribution in [0.25, 0.3) is 0 Å². The molecule has 0 spiro atoms. The summed E-state index contributed by atoms with van der Waals surface area (Å²) in [5.74, 6) is -0.00469. The van der Waals surface area contributed by atoms with E-state index in [0.717, 1.165) is 30.6 Å². The van der Waals surface area contributed by atoms with Crippen molar-refractivity contribution in [1.29, 1.82) is 0 Å². The zero-order valence-corrected chi connectivity index (χ0v) is 12.8. The smallest absolute Gasteiger partial charge is 0.225 e. The number of rotatable bonds is 10. The molecule has 0 heterocycles. The number of anilines is 1. The third-order valence-electron chi connectivity index (χ3n) is 3.37. The average molecular weight is 293 g/mol. The number of benzene rings is 1. The second-order valence-electron chi connectivity index (χ2n) is 5.12. The average Bonchev–Trinajstić information content (AvgIpc) is 2.51. The Bertz CT molecular complexity index is 406. The summed E-state index contributed by atoms with van der Waals surface area (Å²) in [5.41, 5.74) is 7.37. The highest BCUT2D eigenvalue weighted by Crippen LogP contribution is 2.09. The van der Waals surface area contributed by atoms with Gasteiger partial charge in [-0.05, 0) is 30.7 Å². The van der Waals surface area contributed by atoms with Crippen molar-refractivity contribution in [2.75, 3.05) is 31.6 Å². The topological polar surface area (TPSA) is 78.6 Å². The number of unbranched alkanes of at least 4 members (excludes halogenated alkanes) is 1. The number of nitrogens with zero attached hydrogens (tertiary/aromatic N) is 1. The molecule has 1 aromatic carbocycles. The summed E-state index contributed by atoms with van der Waals surface area (Å²) in [6.45, 7) is 4.99. The van der Waals surface area contributed by atoms with E-state index in [1.807, 2.05) is 24.3 Å². The second kappa shape index (κ2) is 10.3. The van der Waals surface area contributed by atoms with E-state index in [2.05, 4.69) is 17.1 Å². The van der Waals surface area contributed by atoms with Gasteiger partial charge in [0.1, 0.15) is 0 Å². The van der Waals surface area contributed by atoms with E-state index in [0.29, 0.717) is 26.1 Å². The van der Waals surface area contributed by atoms with Crippen LogP contribution in [0.5, 0.6) is 0 Å². The summed E-state index contributed by atoms with van der Waals surface area (Å²) < 4.78 is 0. The highest BCUT2D eigenvalue weighted by Gasteiger charge is 2.08. The summed E-state index contributed by atoms with van der Waals surface area (Å²) >= 11 is 0. The van der Waals surface area contributed by atoms with E-state index in [-0.39, 0.29) is 12.5 Å². The number of hydrogen-bond acceptors (Lipinski definition) is 4. The fourth-order valence-corrected chi connectivity index (χ4v) is 2.07. The van der Waals surface area contributed by atoms with Gasteiger partial charge in [-0.1, -0.05) is 25.5 Å². The van der Waals surface area contributed by atoms with Crippen molar-refractivity contribution in [2.24, 2.45) is 5.73 Å². The van der Waals surface area contributed by atoms with Gasteiger partial charge in [0.15, 0.2) is 0 Å². The first-order valence-electron chi connectivity index (χ1n) is 7.61. The van der Waals surface area contributed by atoms with Gasteiger partial charge in [0, 0.05) is 31.7 Å². The molecule has 0 bridgehead atoms. The number of carbonyl (C=O) groups is 1. The third-order valence-corrected chi connectivity index (χ3v) is 3.37. The van der Waals surface area contributed by atoms with Gasteiger partial charge in [0.05, 0.1) is 6.61 Å². The van der Waals surface area contributed by atoms with Crippen molar-refractivity contribution in [3.8, 4) is 0 Å². The van der Waals surface area contributed by atoms with Gasteiger partial charge in [-0.3, -0.25) is 4.79 Å². The Kier molecular flexibility index (Phi) is 8.66. The minimum Gasteiger partial charge on any atom is -0.395 e. The summed E-state index contributed by atoms with van der Waals surface area (Å²) in [5, 5.41) is 11.9. The molecule has 0 aliphatic heterocycles. The van der Waals surface area contributed by atoms with E-state index in [9.17, 15) is 4.79 Å². The number of nitrogens with one attached hydrogen (secondary N) is 1. The van der Waals surface area contributed by atoms with Crippen LogP contribution in [0.4, 0.5) is 5.69 Å². The van der Waals surface area contributed by atoms with Crippen molar-refractivity contribution in [2.45, 2.75) is 32.7 Å². The molecule has 1 amide bonds. The molecule has 118 valence electrons. The lowest BCUT2D eigenvalue weighted by Crippen LogP contribution is -2.31. The molecule has 0 unspecified atom stereocenters. The first-order valence-corrected chi connectivity index (χ1v) is 7.61. The number of aliphatic hydroxyl groups is 1. The molecule has 1 rings (SSSR count). The van der Waals surface area contributed by atoms with Gasteiger partial charge >= 0.3 is 0 Å². The molecule has 0 saturated carbocycles. The summed E-state index contributed by atoms with van der Waals surface area (Å²) in [6, 6.07) is 7.55. The molecule has 1 aromatic rings. The lowest BCUT2D eigenvalue weighted by Gasteiger charge is -2.20. The molecular formula is C16H27N3O2. The second-order valence-corrected chi connectivity index (χ2v) is 5.12. The summed E-state index contributed by atoms with van der Waals surface area (Å²) in [4.78, 5) is 14.1. The molecule has 5 heteroatoms. The van der Waals surface area contributed by atoms with Crippen LogP contribution >= 0.6 is 0 Å². The van der Waals surface area contributed by atoms with Crippen molar-refractivity contribution in [1.82, 2.24) is 4.90 Å². The van der Waals surface area contributed by atoms with Crippen LogP contribution in [0.2, 0.25) is 0 Å². The molecular weight excluding hydrogens is 266 g/mol. The molecule has 0 fully saturated rings. The predicted octanol–water partition coefficient (Wildman–Crippen LogP) is 1.57. The van der Waals surface area contributed by atoms with Crippen LogP contribution in [0.15, 0.2) is 24.3 Å². The maximum absolute atomic E-state index is 11.9. The van der Waals surface area contributed by atoms with E-state index in [4.69, 9.17) is 10.8 Å². The number of nitrogens with two attached hydrogens (primary N) is 1. The minimum atomic E-state index is -0.00469. The van der Waals surface area contributed by atoms with Gasteiger partial charge in [-0.2, -0.15) is 0 Å². The first-order chi connectivity index (χ1) is 10.2. The normalized spacial score (nSPS) is 10.9. The van der Waals surface area contributed by atoms with Gasteiger partial charge in [-0.25, -0.2) is 0 Å². The summed E-state index contributed by atoms with van der Waals surface area (Å²) in [6.07, 6.45) is 2.63. The number of amides is 1. The Morgan fingerprint density at radius 2 is 1.95 bits per heavy atom. The minimum absolute atomic E-state index is 0.00469. The van der Waals surface area contributed by atoms with Crippen LogP contribution in [0, 0.1) is 0 Å². The molecule has 4 N–H and O–H groups in total. The van der Waals surface area contributed by atoms with Crippen LogP contribution in [-0.2, 0) is 11.3 Å². The Morgan fingerprint density at radius 3 is 2.52 bits per heavy atom. The molecule has 0 aliphatic carbocycles. The van der Waals surface area contributed by atoms with E-state index in [1.54, 1.807) is 0 Å². The molecule has 0 saturated heterocycles. The SMILES string of the molecule is CCCCN(CCO)CCC(=O)Nc1ccc(CN)cc1. The lowest BCUT2D eigenvalue weighted by molar-refractivity contribution is -0.116. The highest BCUT2D eigenvalue weighted by atomic mass is 16.3. The molecule has 21 heavy (non-hydrogen) atoms. The Labute approximate surface area is 127 Å². The Morgan fingerprint density at radius 1 is 1.24 bits per heavy atom. The van der Waals surface area contributed by atoms with Gasteiger partial charge < -0.3 is 21.1 Å². The zero-order valence-electron chi connectivity index (χ0n) is 12.8. The standard InChI is InChI=1S/C16H27N3O2/c1-2-3-9-19(11-12-20)10-8-16(21)18-15-6-4-14(13-17)5-7-15/h4-7,20H,2-3,8-13,17H2,1H3,(H,18,21). The van der Waals surface area contributed by atoms with Crippen LogP contribution in [0.1, 0.15) is 31.7 Å². The van der Waals surface area contributed by atoms with Crippen LogP contribution in [0.3, 0.4) is 0 Å². The number of aliphatic hydroxyl groups excluding tert-OH is 1. The van der Waals surface area contributed by atoms with Crippen LogP contribution < -0.4 is 11.1 Å². The molecule has 0 aromatic heterocycles. The Hall–Kier alpha value is -1.43. The molecule has 0 atom stereocenters. The van der Waals surface area contributed by atoms with Crippen molar-refractivity contribution < 1.29 is 9.90 Å². The van der Waals surface area contributed by atoms with Gasteiger partial charge in [-0.15, -0.1) is 0 Å². The monoisotopic (exact) mass is 293 g/mol. The number of hydrogen-bond donors (Lipinski definition) is 3. The van der Waals surface area contributed by atoms with Crippen molar-refractivity contribution in [3.05, 3.63) is 29.8 Å². The summed E-state index contributed by atoms with van der Waals surface area (Å²) in [7, 11) is 0. The quantitative estimate of drug-likeness (QED) is 0.612. The van der Waals surface area contributed by atoms with Crippen molar-refractivity contribution >= 4 is 11.6 Å². The maximum atomic E-state index is 11.9. The van der Waals surface area contributed by atoms with Gasteiger partial charge in [0.25, 0.3) is 0 Å². The predicted molar refractivity (Wildman–Crippen MR) is 86.0 cm³/mol. The van der Waals surface area contributed by atoms with E-state index >= 15 is 0 Å². The largest absolute Gasteiger partial charge is 0.395 e. The van der Waals surface area contributed by atoms with Crippen LogP contribution in [-0.4, -0.2) is 42.2 Å². The lowest BCUT2D eigenvalue weighted by atomic mass is 10.2. The zero-order chi connectivity index (χ0) is 15.5. The molecule has 0 radical (unpaired) electrons. The fourth-order valence-electron chi connectivity index (χ4n) is 2.07. The maximum Gasteiger partial charge on any atom is 0.225 e. The highest BCUT2D eigenvalue weighted by molar-refractivity contribution is 5.90. The Balaban J connectivity index is 2.37. The molecule has 0 aliphatic rings. The van der Waals surface area contributed by atoms with Gasteiger partial charge in [0.2, 0.25) is 5.91 Å². The number of carbonyl (C=O) groups excluding carboxylic acids is 1. The molecule has 5 nitrogen and oxygen atoms in total. The third kappa shape index (κ3) is 7.22. The van der Waals surface area contributed by atoms with E-state index < -0.39 is 0 Å². The van der Waals surface area contributed by atoms with Crippen molar-refractivity contribution in [3.63, 3.8) is 0 Å².